The molecule has 0 fully saturated rings. The van der Waals surface area contributed by atoms with Crippen molar-refractivity contribution in [2.24, 2.45) is 0 Å². The summed E-state index contributed by atoms with van der Waals surface area (Å²) >= 11 is 0. The molecule has 182 valence electrons. The van der Waals surface area contributed by atoms with Gasteiger partial charge in [0.2, 0.25) is 15.9 Å². The Hall–Kier alpha value is -2.71. The quantitative estimate of drug-likeness (QED) is 0.504. The first-order valence-corrected chi connectivity index (χ1v) is 13.7. The zero-order valence-electron chi connectivity index (χ0n) is 20.3. The Morgan fingerprint density at radius 2 is 1.85 bits per heavy atom. The van der Waals surface area contributed by atoms with Gasteiger partial charge in [0.25, 0.3) is 0 Å². The van der Waals surface area contributed by atoms with Gasteiger partial charge in [-0.2, -0.15) is 4.31 Å². The monoisotopic (exact) mass is 482 g/mol. The predicted octanol–water partition coefficient (Wildman–Crippen LogP) is 3.69. The summed E-state index contributed by atoms with van der Waals surface area (Å²) in [5.41, 5.74) is 4.24. The highest BCUT2D eigenvalue weighted by molar-refractivity contribution is 7.89. The normalized spacial score (nSPS) is 16.1. The van der Waals surface area contributed by atoms with Crippen LogP contribution in [-0.4, -0.2) is 47.3 Å². The number of nitrogens with zero attached hydrogens (tertiary/aromatic N) is 3. The molecule has 34 heavy (non-hydrogen) atoms. The molecule has 4 rings (SSSR count). The zero-order chi connectivity index (χ0) is 24.3. The van der Waals surface area contributed by atoms with Crippen LogP contribution in [0, 0.1) is 0 Å². The lowest BCUT2D eigenvalue weighted by Crippen LogP contribution is -2.39. The molecule has 1 aliphatic rings. The van der Waals surface area contributed by atoms with Gasteiger partial charge < -0.3 is 9.88 Å². The van der Waals surface area contributed by atoms with E-state index in [0.29, 0.717) is 38.0 Å². The third-order valence-electron chi connectivity index (χ3n) is 6.75. The van der Waals surface area contributed by atoms with Crippen LogP contribution in [0.5, 0.6) is 0 Å². The van der Waals surface area contributed by atoms with Gasteiger partial charge in [-0.3, -0.25) is 4.79 Å². The lowest BCUT2D eigenvalue weighted by molar-refractivity contribution is -0.121. The number of hydrogen-bond donors (Lipinski definition) is 1. The average Bonchev–Trinajstić information content (AvgIpc) is 3.20. The Kier molecular flexibility index (Phi) is 7.38. The Bertz CT molecular complexity index is 1280. The van der Waals surface area contributed by atoms with Crippen LogP contribution in [0.3, 0.4) is 0 Å². The van der Waals surface area contributed by atoms with E-state index in [1.165, 1.54) is 15.4 Å². The number of carbonyl (C=O) groups is 1. The molecule has 0 spiro atoms. The van der Waals surface area contributed by atoms with E-state index >= 15 is 0 Å². The largest absolute Gasteiger partial charge is 0.353 e. The van der Waals surface area contributed by atoms with E-state index in [4.69, 9.17) is 4.98 Å². The SMILES string of the molecule is CCN(CC)S(=O)(=O)c1ccc2c(c1)nc(CCC(=O)NC1CCc3ccccc3C1)n2CC. The molecule has 7 nitrogen and oxygen atoms in total. The number of rotatable bonds is 9. The summed E-state index contributed by atoms with van der Waals surface area (Å²) in [5.74, 6) is 0.836. The molecule has 8 heteroatoms. The number of benzene rings is 2. The molecular formula is C26H34N4O3S. The minimum absolute atomic E-state index is 0.0314. The van der Waals surface area contributed by atoms with Crippen molar-refractivity contribution in [1.82, 2.24) is 19.2 Å². The fourth-order valence-electron chi connectivity index (χ4n) is 4.92. The topological polar surface area (TPSA) is 84.3 Å². The zero-order valence-corrected chi connectivity index (χ0v) is 21.1. The number of nitrogens with one attached hydrogen (secondary N) is 1. The third kappa shape index (κ3) is 4.88. The molecule has 0 saturated carbocycles. The minimum atomic E-state index is -3.55. The Balaban J connectivity index is 1.46. The molecule has 1 atom stereocenters. The summed E-state index contributed by atoms with van der Waals surface area (Å²) in [7, 11) is -3.55. The summed E-state index contributed by atoms with van der Waals surface area (Å²) in [6.45, 7) is 7.25. The minimum Gasteiger partial charge on any atom is -0.353 e. The van der Waals surface area contributed by atoms with Crippen LogP contribution in [0.25, 0.3) is 11.0 Å². The highest BCUT2D eigenvalue weighted by Gasteiger charge is 2.23. The number of sulfonamides is 1. The van der Waals surface area contributed by atoms with Gasteiger partial charge in [-0.05, 0) is 55.5 Å². The Morgan fingerprint density at radius 1 is 1.12 bits per heavy atom. The molecule has 1 aliphatic carbocycles. The van der Waals surface area contributed by atoms with E-state index in [-0.39, 0.29) is 16.8 Å². The lowest BCUT2D eigenvalue weighted by atomic mass is 9.88. The van der Waals surface area contributed by atoms with E-state index in [2.05, 4.69) is 34.1 Å². The van der Waals surface area contributed by atoms with Crippen molar-refractivity contribution in [3.63, 3.8) is 0 Å². The fraction of sp³-hybridized carbons (Fsp3) is 0.462. The van der Waals surface area contributed by atoms with Gasteiger partial charge >= 0.3 is 0 Å². The van der Waals surface area contributed by atoms with Crippen LogP contribution in [0.2, 0.25) is 0 Å². The number of fused-ring (bicyclic) bond motifs is 2. The molecule has 3 aromatic rings. The smallest absolute Gasteiger partial charge is 0.243 e. The first-order valence-electron chi connectivity index (χ1n) is 12.2. The molecule has 1 N–H and O–H groups in total. The van der Waals surface area contributed by atoms with Crippen molar-refractivity contribution in [2.45, 2.75) is 70.4 Å². The molecule has 1 aromatic heterocycles. The van der Waals surface area contributed by atoms with Crippen LogP contribution >= 0.6 is 0 Å². The summed E-state index contributed by atoms with van der Waals surface area (Å²) in [6.07, 6.45) is 3.69. The van der Waals surface area contributed by atoms with Gasteiger partial charge in [-0.1, -0.05) is 38.1 Å². The number of hydrogen-bond acceptors (Lipinski definition) is 4. The van der Waals surface area contributed by atoms with Crippen molar-refractivity contribution in [1.29, 1.82) is 0 Å². The molecule has 0 radical (unpaired) electrons. The van der Waals surface area contributed by atoms with Crippen LogP contribution in [-0.2, 0) is 40.6 Å². The first kappa shape index (κ1) is 24.4. The Morgan fingerprint density at radius 3 is 2.56 bits per heavy atom. The third-order valence-corrected chi connectivity index (χ3v) is 8.79. The highest BCUT2D eigenvalue weighted by atomic mass is 32.2. The van der Waals surface area contributed by atoms with E-state index in [0.717, 1.165) is 30.6 Å². The second-order valence-corrected chi connectivity index (χ2v) is 10.7. The summed E-state index contributed by atoms with van der Waals surface area (Å²) in [4.78, 5) is 17.7. The van der Waals surface area contributed by atoms with E-state index < -0.39 is 10.0 Å². The molecule has 1 amide bonds. The summed E-state index contributed by atoms with van der Waals surface area (Å²) < 4.78 is 29.3. The second-order valence-electron chi connectivity index (χ2n) is 8.79. The van der Waals surface area contributed by atoms with Crippen LogP contribution in [0.1, 0.15) is 50.6 Å². The predicted molar refractivity (Wildman–Crippen MR) is 134 cm³/mol. The first-order chi connectivity index (χ1) is 16.4. The van der Waals surface area contributed by atoms with E-state index in [1.54, 1.807) is 12.1 Å². The van der Waals surface area contributed by atoms with Crippen LogP contribution in [0.4, 0.5) is 0 Å². The molecule has 0 saturated heterocycles. The van der Waals surface area contributed by atoms with E-state index in [1.807, 2.05) is 26.8 Å². The van der Waals surface area contributed by atoms with Crippen molar-refractivity contribution < 1.29 is 13.2 Å². The standard InChI is InChI=1S/C26H34N4O3S/c1-4-29(5-2)34(32,33)22-13-14-24-23(18-22)28-25(30(24)6-3)15-16-26(31)27-21-12-11-19-9-7-8-10-20(19)17-21/h7-10,13-14,18,21H,4-6,11-12,15-17H2,1-3H3,(H,27,31). The molecule has 0 bridgehead atoms. The average molecular weight is 483 g/mol. The van der Waals surface area contributed by atoms with Crippen molar-refractivity contribution >= 4 is 27.0 Å². The molecule has 1 unspecified atom stereocenters. The fourth-order valence-corrected chi connectivity index (χ4v) is 6.40. The number of carbonyl (C=O) groups excluding carboxylic acids is 1. The van der Waals surface area contributed by atoms with Crippen LogP contribution in [0.15, 0.2) is 47.4 Å². The van der Waals surface area contributed by atoms with Crippen LogP contribution < -0.4 is 5.32 Å². The maximum atomic E-state index is 12.9. The highest BCUT2D eigenvalue weighted by Crippen LogP contribution is 2.24. The van der Waals surface area contributed by atoms with Gasteiger partial charge in [0.05, 0.1) is 15.9 Å². The lowest BCUT2D eigenvalue weighted by Gasteiger charge is -2.25. The van der Waals surface area contributed by atoms with Gasteiger partial charge in [-0.15, -0.1) is 0 Å². The van der Waals surface area contributed by atoms with Gasteiger partial charge in [-0.25, -0.2) is 13.4 Å². The maximum absolute atomic E-state index is 12.9. The van der Waals surface area contributed by atoms with Crippen molar-refractivity contribution in [2.75, 3.05) is 13.1 Å². The molecular weight excluding hydrogens is 448 g/mol. The number of imidazole rings is 1. The molecule has 1 heterocycles. The second kappa shape index (κ2) is 10.3. The summed E-state index contributed by atoms with van der Waals surface area (Å²) in [6, 6.07) is 13.7. The Labute approximate surface area is 202 Å². The molecule has 2 aromatic carbocycles. The maximum Gasteiger partial charge on any atom is 0.243 e. The van der Waals surface area contributed by atoms with Crippen molar-refractivity contribution in [3.8, 4) is 0 Å². The summed E-state index contributed by atoms with van der Waals surface area (Å²) in [5, 5.41) is 3.19. The molecule has 0 aliphatic heterocycles. The van der Waals surface area contributed by atoms with Gasteiger partial charge in [0.15, 0.2) is 0 Å². The van der Waals surface area contributed by atoms with Crippen molar-refractivity contribution in [3.05, 3.63) is 59.4 Å². The number of amides is 1. The number of aryl methyl sites for hydroxylation is 3. The van der Waals surface area contributed by atoms with E-state index in [9.17, 15) is 13.2 Å². The number of aromatic nitrogens is 2. The van der Waals surface area contributed by atoms with Gasteiger partial charge in [0, 0.05) is 38.5 Å². The van der Waals surface area contributed by atoms with Gasteiger partial charge in [0.1, 0.15) is 5.82 Å².